The van der Waals surface area contributed by atoms with Crippen molar-refractivity contribution >= 4 is 21.8 Å². The number of carbonyl (C=O) groups excluding carboxylic acids is 1. The molecule has 2 rings (SSSR count). The molecular formula is C16H22BrNO2. The quantitative estimate of drug-likeness (QED) is 0.779. The molecule has 1 saturated heterocycles. The van der Waals surface area contributed by atoms with Gasteiger partial charge in [-0.3, -0.25) is 4.79 Å². The van der Waals surface area contributed by atoms with Gasteiger partial charge in [-0.05, 0) is 62.7 Å². The molecule has 3 nitrogen and oxygen atoms in total. The number of ether oxygens (including phenoxy) is 1. The van der Waals surface area contributed by atoms with Crippen molar-refractivity contribution in [2.24, 2.45) is 0 Å². The van der Waals surface area contributed by atoms with Crippen molar-refractivity contribution in [3.63, 3.8) is 0 Å². The van der Waals surface area contributed by atoms with Crippen molar-refractivity contribution in [3.8, 4) is 0 Å². The summed E-state index contributed by atoms with van der Waals surface area (Å²) in [7, 11) is 0. The zero-order valence-electron chi connectivity index (χ0n) is 12.8. The van der Waals surface area contributed by atoms with Crippen LogP contribution in [0, 0.1) is 6.92 Å². The van der Waals surface area contributed by atoms with Gasteiger partial charge < -0.3 is 9.64 Å². The first-order chi connectivity index (χ1) is 9.10. The van der Waals surface area contributed by atoms with Crippen LogP contribution >= 0.6 is 15.9 Å². The number of aryl methyl sites for hydroxylation is 1. The number of nitrogens with zero attached hydrogens (tertiary/aromatic N) is 1. The van der Waals surface area contributed by atoms with Gasteiger partial charge in [0.15, 0.2) is 0 Å². The van der Waals surface area contributed by atoms with Gasteiger partial charge in [0.2, 0.25) is 0 Å². The van der Waals surface area contributed by atoms with Crippen LogP contribution in [0.15, 0.2) is 22.7 Å². The van der Waals surface area contributed by atoms with Gasteiger partial charge >= 0.3 is 0 Å². The van der Waals surface area contributed by atoms with Crippen LogP contribution < -0.4 is 0 Å². The second-order valence-corrected chi connectivity index (χ2v) is 7.62. The van der Waals surface area contributed by atoms with E-state index in [4.69, 9.17) is 4.74 Å². The van der Waals surface area contributed by atoms with Crippen LogP contribution in [0.2, 0.25) is 0 Å². The Labute approximate surface area is 129 Å². The minimum Gasteiger partial charge on any atom is -0.366 e. The normalized spacial score (nSPS) is 20.8. The third-order valence-electron chi connectivity index (χ3n) is 3.34. The van der Waals surface area contributed by atoms with Gasteiger partial charge in [0.25, 0.3) is 5.91 Å². The Morgan fingerprint density at radius 1 is 1.20 bits per heavy atom. The van der Waals surface area contributed by atoms with Crippen LogP contribution in [0.3, 0.4) is 0 Å². The van der Waals surface area contributed by atoms with Crippen LogP contribution in [0.1, 0.15) is 43.6 Å². The molecule has 1 amide bonds. The lowest BCUT2D eigenvalue weighted by atomic mass is 9.98. The fourth-order valence-corrected chi connectivity index (χ4v) is 3.32. The highest BCUT2D eigenvalue weighted by atomic mass is 79.9. The van der Waals surface area contributed by atoms with Gasteiger partial charge in [-0.1, -0.05) is 11.6 Å². The fraction of sp³-hybridized carbons (Fsp3) is 0.562. The van der Waals surface area contributed by atoms with Crippen molar-refractivity contribution in [3.05, 3.63) is 33.8 Å². The van der Waals surface area contributed by atoms with Gasteiger partial charge in [-0.15, -0.1) is 0 Å². The van der Waals surface area contributed by atoms with E-state index in [0.29, 0.717) is 13.1 Å². The summed E-state index contributed by atoms with van der Waals surface area (Å²) in [6.45, 7) is 11.3. The lowest BCUT2D eigenvalue weighted by Gasteiger charge is -2.47. The maximum atomic E-state index is 12.8. The standard InChI is InChI=1S/C16H22BrNO2/c1-11-6-7-13(17)12(8-11)14(19)18-9-15(2,3)20-16(4,5)10-18/h6-8H,9-10H2,1-5H3. The number of rotatable bonds is 1. The van der Waals surface area contributed by atoms with Crippen LogP contribution in [-0.4, -0.2) is 35.1 Å². The van der Waals surface area contributed by atoms with Crippen LogP contribution in [0.4, 0.5) is 0 Å². The Kier molecular flexibility index (Phi) is 4.00. The third-order valence-corrected chi connectivity index (χ3v) is 4.03. The maximum absolute atomic E-state index is 12.8. The van der Waals surface area contributed by atoms with E-state index >= 15 is 0 Å². The molecule has 0 N–H and O–H groups in total. The van der Waals surface area contributed by atoms with E-state index in [2.05, 4.69) is 15.9 Å². The summed E-state index contributed by atoms with van der Waals surface area (Å²) in [6, 6.07) is 5.86. The Bertz CT molecular complexity index is 521. The minimum atomic E-state index is -0.326. The highest BCUT2D eigenvalue weighted by molar-refractivity contribution is 9.10. The van der Waals surface area contributed by atoms with E-state index in [1.807, 2.05) is 57.7 Å². The molecule has 110 valence electrons. The molecular weight excluding hydrogens is 318 g/mol. The number of carbonyl (C=O) groups is 1. The van der Waals surface area contributed by atoms with E-state index < -0.39 is 0 Å². The summed E-state index contributed by atoms with van der Waals surface area (Å²) in [5.74, 6) is 0.0602. The van der Waals surface area contributed by atoms with Crippen LogP contribution in [0.5, 0.6) is 0 Å². The number of hydrogen-bond donors (Lipinski definition) is 0. The predicted molar refractivity (Wildman–Crippen MR) is 84.0 cm³/mol. The second kappa shape index (κ2) is 5.15. The first-order valence-corrected chi connectivity index (χ1v) is 7.65. The number of morpholine rings is 1. The molecule has 1 heterocycles. The molecule has 0 radical (unpaired) electrons. The Morgan fingerprint density at radius 2 is 1.75 bits per heavy atom. The number of hydrogen-bond acceptors (Lipinski definition) is 2. The highest BCUT2D eigenvalue weighted by Crippen LogP contribution is 2.30. The third kappa shape index (κ3) is 3.41. The number of halogens is 1. The monoisotopic (exact) mass is 339 g/mol. The molecule has 0 unspecified atom stereocenters. The summed E-state index contributed by atoms with van der Waals surface area (Å²) in [5.41, 5.74) is 1.16. The zero-order chi connectivity index (χ0) is 15.1. The lowest BCUT2D eigenvalue weighted by molar-refractivity contribution is -0.171. The van der Waals surface area contributed by atoms with E-state index in [9.17, 15) is 4.79 Å². The molecule has 0 saturated carbocycles. The molecule has 4 heteroatoms. The predicted octanol–water partition coefficient (Wildman–Crippen LogP) is 3.79. The van der Waals surface area contributed by atoms with Gasteiger partial charge in [0.1, 0.15) is 0 Å². The molecule has 0 atom stereocenters. The summed E-state index contributed by atoms with van der Waals surface area (Å²) >= 11 is 3.48. The molecule has 20 heavy (non-hydrogen) atoms. The Morgan fingerprint density at radius 3 is 2.30 bits per heavy atom. The van der Waals surface area contributed by atoms with Gasteiger partial charge in [0, 0.05) is 17.6 Å². The summed E-state index contributed by atoms with van der Waals surface area (Å²) < 4.78 is 6.87. The van der Waals surface area contributed by atoms with Gasteiger partial charge in [-0.25, -0.2) is 0 Å². The SMILES string of the molecule is Cc1ccc(Br)c(C(=O)N2CC(C)(C)OC(C)(C)C2)c1. The molecule has 1 aromatic carbocycles. The number of benzene rings is 1. The molecule has 1 aliphatic heterocycles. The van der Waals surface area contributed by atoms with E-state index in [1.54, 1.807) is 0 Å². The summed E-state index contributed by atoms with van der Waals surface area (Å²) in [4.78, 5) is 14.7. The molecule has 1 fully saturated rings. The Hall–Kier alpha value is -0.870. The minimum absolute atomic E-state index is 0.0602. The van der Waals surface area contributed by atoms with Gasteiger partial charge in [0.05, 0.1) is 16.8 Å². The van der Waals surface area contributed by atoms with Crippen molar-refractivity contribution < 1.29 is 9.53 Å². The number of amides is 1. The van der Waals surface area contributed by atoms with Crippen molar-refractivity contribution in [2.45, 2.75) is 45.8 Å². The molecule has 0 aliphatic carbocycles. The first kappa shape index (κ1) is 15.5. The largest absolute Gasteiger partial charge is 0.366 e. The molecule has 1 aromatic rings. The van der Waals surface area contributed by atoms with E-state index in [0.717, 1.165) is 15.6 Å². The summed E-state index contributed by atoms with van der Waals surface area (Å²) in [6.07, 6.45) is 0. The molecule has 1 aliphatic rings. The Balaban J connectivity index is 2.31. The lowest BCUT2D eigenvalue weighted by Crippen LogP contribution is -2.58. The summed E-state index contributed by atoms with van der Waals surface area (Å²) in [5, 5.41) is 0. The average molecular weight is 340 g/mol. The molecule has 0 bridgehead atoms. The molecule has 0 spiro atoms. The van der Waals surface area contributed by atoms with Crippen LogP contribution in [-0.2, 0) is 4.74 Å². The smallest absolute Gasteiger partial charge is 0.255 e. The van der Waals surface area contributed by atoms with Gasteiger partial charge in [-0.2, -0.15) is 0 Å². The second-order valence-electron chi connectivity index (χ2n) is 6.77. The van der Waals surface area contributed by atoms with E-state index in [-0.39, 0.29) is 17.1 Å². The maximum Gasteiger partial charge on any atom is 0.255 e. The first-order valence-electron chi connectivity index (χ1n) is 6.85. The average Bonchev–Trinajstić information content (AvgIpc) is 2.27. The fourth-order valence-electron chi connectivity index (χ4n) is 2.90. The van der Waals surface area contributed by atoms with Crippen LogP contribution in [0.25, 0.3) is 0 Å². The van der Waals surface area contributed by atoms with Crippen molar-refractivity contribution in [1.29, 1.82) is 0 Å². The highest BCUT2D eigenvalue weighted by Gasteiger charge is 2.40. The van der Waals surface area contributed by atoms with Crippen molar-refractivity contribution in [2.75, 3.05) is 13.1 Å². The van der Waals surface area contributed by atoms with Crippen molar-refractivity contribution in [1.82, 2.24) is 4.90 Å². The topological polar surface area (TPSA) is 29.5 Å². The molecule has 0 aromatic heterocycles. The zero-order valence-corrected chi connectivity index (χ0v) is 14.4. The van der Waals surface area contributed by atoms with E-state index in [1.165, 1.54) is 0 Å².